The SMILES string of the molecule is CCOc1cc(C(=O)Nc2ccc3c(c2)OCO3)ccc1OCC(=O)N1CCOCC1. The fraction of sp³-hybridized carbons (Fsp3) is 0.364. The Labute approximate surface area is 179 Å². The van der Waals surface area contributed by atoms with E-state index in [0.29, 0.717) is 67.2 Å². The number of rotatable bonds is 7. The Morgan fingerprint density at radius 2 is 1.81 bits per heavy atom. The summed E-state index contributed by atoms with van der Waals surface area (Å²) in [5, 5.41) is 2.83. The molecule has 2 heterocycles. The molecule has 2 aromatic rings. The average molecular weight is 428 g/mol. The molecule has 0 bridgehead atoms. The molecule has 2 aliphatic rings. The lowest BCUT2D eigenvalue weighted by Gasteiger charge is -2.26. The first-order chi connectivity index (χ1) is 15.1. The molecule has 0 saturated carbocycles. The summed E-state index contributed by atoms with van der Waals surface area (Å²) in [4.78, 5) is 26.7. The van der Waals surface area contributed by atoms with Crippen LogP contribution in [0.5, 0.6) is 23.0 Å². The summed E-state index contributed by atoms with van der Waals surface area (Å²) >= 11 is 0. The van der Waals surface area contributed by atoms with Gasteiger partial charge in [0, 0.05) is 30.4 Å². The minimum Gasteiger partial charge on any atom is -0.490 e. The van der Waals surface area contributed by atoms with E-state index in [-0.39, 0.29) is 25.2 Å². The Kier molecular flexibility index (Phi) is 6.42. The zero-order valence-electron chi connectivity index (χ0n) is 17.2. The van der Waals surface area contributed by atoms with Gasteiger partial charge < -0.3 is 33.9 Å². The molecular formula is C22H24N2O7. The van der Waals surface area contributed by atoms with Crippen molar-refractivity contribution in [3.8, 4) is 23.0 Å². The second-order valence-corrected chi connectivity index (χ2v) is 6.90. The van der Waals surface area contributed by atoms with Crippen LogP contribution < -0.4 is 24.3 Å². The Hall–Kier alpha value is -3.46. The van der Waals surface area contributed by atoms with Crippen molar-refractivity contribution < 1.29 is 33.3 Å². The fourth-order valence-electron chi connectivity index (χ4n) is 3.26. The predicted molar refractivity (Wildman–Crippen MR) is 111 cm³/mol. The molecule has 164 valence electrons. The Bertz CT molecular complexity index is 957. The van der Waals surface area contributed by atoms with Crippen LogP contribution in [0.1, 0.15) is 17.3 Å². The number of anilines is 1. The van der Waals surface area contributed by atoms with E-state index in [1.54, 1.807) is 41.3 Å². The summed E-state index contributed by atoms with van der Waals surface area (Å²) in [5.41, 5.74) is 0.983. The Morgan fingerprint density at radius 1 is 1.00 bits per heavy atom. The standard InChI is InChI=1S/C22H24N2O7/c1-2-28-19-11-15(22(26)23-16-4-6-18-20(12-16)31-14-30-18)3-5-17(19)29-13-21(25)24-7-9-27-10-8-24/h3-6,11-12H,2,7-10,13-14H2,1H3,(H,23,26). The summed E-state index contributed by atoms with van der Waals surface area (Å²) in [6.07, 6.45) is 0. The number of benzene rings is 2. The third-order valence-corrected chi connectivity index (χ3v) is 4.85. The minimum absolute atomic E-state index is 0.108. The molecule has 31 heavy (non-hydrogen) atoms. The molecule has 1 N–H and O–H groups in total. The maximum atomic E-state index is 12.7. The van der Waals surface area contributed by atoms with Gasteiger partial charge in [0.2, 0.25) is 6.79 Å². The molecule has 2 amide bonds. The smallest absolute Gasteiger partial charge is 0.260 e. The summed E-state index contributed by atoms with van der Waals surface area (Å²) in [7, 11) is 0. The number of morpholine rings is 1. The first kappa shape index (κ1) is 20.8. The first-order valence-corrected chi connectivity index (χ1v) is 10.1. The summed E-state index contributed by atoms with van der Waals surface area (Å²) in [5.74, 6) is 1.61. The van der Waals surface area contributed by atoms with Gasteiger partial charge in [-0.25, -0.2) is 0 Å². The number of fused-ring (bicyclic) bond motifs is 1. The largest absolute Gasteiger partial charge is 0.490 e. The van der Waals surface area contributed by atoms with E-state index < -0.39 is 0 Å². The highest BCUT2D eigenvalue weighted by molar-refractivity contribution is 6.04. The van der Waals surface area contributed by atoms with E-state index in [9.17, 15) is 9.59 Å². The highest BCUT2D eigenvalue weighted by atomic mass is 16.7. The maximum Gasteiger partial charge on any atom is 0.260 e. The molecule has 0 atom stereocenters. The van der Waals surface area contributed by atoms with Gasteiger partial charge in [-0.1, -0.05) is 0 Å². The molecule has 0 unspecified atom stereocenters. The molecule has 0 aromatic heterocycles. The molecule has 0 spiro atoms. The molecule has 2 aliphatic heterocycles. The summed E-state index contributed by atoms with van der Waals surface area (Å²) in [6.45, 7) is 4.46. The molecular weight excluding hydrogens is 404 g/mol. The van der Waals surface area contributed by atoms with E-state index in [2.05, 4.69) is 5.32 Å². The van der Waals surface area contributed by atoms with Crippen molar-refractivity contribution in [1.82, 2.24) is 4.90 Å². The number of nitrogens with one attached hydrogen (secondary N) is 1. The quantitative estimate of drug-likeness (QED) is 0.723. The van der Waals surface area contributed by atoms with Gasteiger partial charge in [0.25, 0.3) is 11.8 Å². The molecule has 2 aromatic carbocycles. The van der Waals surface area contributed by atoms with Gasteiger partial charge in [-0.05, 0) is 37.3 Å². The third kappa shape index (κ3) is 5.00. The number of amides is 2. The van der Waals surface area contributed by atoms with Crippen molar-refractivity contribution in [2.45, 2.75) is 6.92 Å². The minimum atomic E-state index is -0.309. The first-order valence-electron chi connectivity index (χ1n) is 10.1. The second-order valence-electron chi connectivity index (χ2n) is 6.90. The van der Waals surface area contributed by atoms with Gasteiger partial charge in [0.05, 0.1) is 19.8 Å². The normalized spacial score (nSPS) is 14.8. The third-order valence-electron chi connectivity index (χ3n) is 4.85. The number of carbonyl (C=O) groups excluding carboxylic acids is 2. The van der Waals surface area contributed by atoms with Crippen LogP contribution in [0.2, 0.25) is 0 Å². The van der Waals surface area contributed by atoms with E-state index in [1.165, 1.54) is 0 Å². The van der Waals surface area contributed by atoms with Crippen molar-refractivity contribution in [1.29, 1.82) is 0 Å². The van der Waals surface area contributed by atoms with Gasteiger partial charge in [0.15, 0.2) is 29.6 Å². The lowest BCUT2D eigenvalue weighted by Crippen LogP contribution is -2.43. The van der Waals surface area contributed by atoms with E-state index in [0.717, 1.165) is 0 Å². The molecule has 9 heteroatoms. The van der Waals surface area contributed by atoms with Crippen molar-refractivity contribution in [2.75, 3.05) is 51.6 Å². The highest BCUT2D eigenvalue weighted by Crippen LogP contribution is 2.34. The summed E-state index contributed by atoms with van der Waals surface area (Å²) < 4.78 is 27.2. The number of carbonyl (C=O) groups is 2. The van der Waals surface area contributed by atoms with Crippen molar-refractivity contribution in [2.24, 2.45) is 0 Å². The number of hydrogen-bond acceptors (Lipinski definition) is 7. The van der Waals surface area contributed by atoms with Gasteiger partial charge in [0.1, 0.15) is 0 Å². The van der Waals surface area contributed by atoms with Crippen LogP contribution in [-0.4, -0.2) is 63.0 Å². The molecule has 0 aliphatic carbocycles. The van der Waals surface area contributed by atoms with Crippen LogP contribution in [-0.2, 0) is 9.53 Å². The predicted octanol–water partition coefficient (Wildman–Crippen LogP) is 2.30. The van der Waals surface area contributed by atoms with E-state index >= 15 is 0 Å². The average Bonchev–Trinajstić information content (AvgIpc) is 3.26. The molecule has 1 saturated heterocycles. The number of nitrogens with zero attached hydrogens (tertiary/aromatic N) is 1. The van der Waals surface area contributed by atoms with Gasteiger partial charge in [-0.2, -0.15) is 0 Å². The van der Waals surface area contributed by atoms with E-state index in [4.69, 9.17) is 23.7 Å². The fourth-order valence-corrected chi connectivity index (χ4v) is 3.26. The van der Waals surface area contributed by atoms with Crippen LogP contribution in [0.3, 0.4) is 0 Å². The van der Waals surface area contributed by atoms with Gasteiger partial charge in [-0.3, -0.25) is 9.59 Å². The highest BCUT2D eigenvalue weighted by Gasteiger charge is 2.19. The van der Waals surface area contributed by atoms with Crippen LogP contribution in [0.4, 0.5) is 5.69 Å². The Morgan fingerprint density at radius 3 is 2.61 bits per heavy atom. The van der Waals surface area contributed by atoms with Gasteiger partial charge in [-0.15, -0.1) is 0 Å². The lowest BCUT2D eigenvalue weighted by molar-refractivity contribution is -0.137. The van der Waals surface area contributed by atoms with Crippen LogP contribution in [0.25, 0.3) is 0 Å². The zero-order chi connectivity index (χ0) is 21.6. The monoisotopic (exact) mass is 428 g/mol. The molecule has 1 fully saturated rings. The van der Waals surface area contributed by atoms with Crippen molar-refractivity contribution >= 4 is 17.5 Å². The Balaban J connectivity index is 1.42. The second kappa shape index (κ2) is 9.57. The number of ether oxygens (including phenoxy) is 5. The van der Waals surface area contributed by atoms with Crippen LogP contribution in [0.15, 0.2) is 36.4 Å². The van der Waals surface area contributed by atoms with Gasteiger partial charge >= 0.3 is 0 Å². The summed E-state index contributed by atoms with van der Waals surface area (Å²) in [6, 6.07) is 10.0. The number of hydrogen-bond donors (Lipinski definition) is 1. The molecule has 4 rings (SSSR count). The van der Waals surface area contributed by atoms with Crippen molar-refractivity contribution in [3.05, 3.63) is 42.0 Å². The topological polar surface area (TPSA) is 95.6 Å². The van der Waals surface area contributed by atoms with Crippen molar-refractivity contribution in [3.63, 3.8) is 0 Å². The molecule has 0 radical (unpaired) electrons. The van der Waals surface area contributed by atoms with E-state index in [1.807, 2.05) is 6.92 Å². The maximum absolute atomic E-state index is 12.7. The molecule has 9 nitrogen and oxygen atoms in total. The van der Waals surface area contributed by atoms with Crippen LogP contribution in [0, 0.1) is 0 Å². The zero-order valence-corrected chi connectivity index (χ0v) is 17.2. The lowest BCUT2D eigenvalue weighted by atomic mass is 10.1. The van der Waals surface area contributed by atoms with Crippen LogP contribution >= 0.6 is 0 Å².